The van der Waals surface area contributed by atoms with Gasteiger partial charge in [0.2, 0.25) is 11.8 Å². The molecule has 8 heteroatoms. The van der Waals surface area contributed by atoms with E-state index in [0.29, 0.717) is 39.1 Å². The number of rotatable bonds is 6. The topological polar surface area (TPSA) is 91.8 Å². The maximum atomic E-state index is 12.3. The number of hydrogen-bond donors (Lipinski definition) is 1. The summed E-state index contributed by atoms with van der Waals surface area (Å²) in [4.78, 5) is 42.9. The molecule has 1 aromatic rings. The van der Waals surface area contributed by atoms with Gasteiger partial charge in [-0.05, 0) is 37.5 Å². The van der Waals surface area contributed by atoms with Gasteiger partial charge in [0.25, 0.3) is 0 Å². The first kappa shape index (κ1) is 19.7. The molecule has 0 spiro atoms. The van der Waals surface area contributed by atoms with Gasteiger partial charge < -0.3 is 19.9 Å². The minimum atomic E-state index is -0.308. The molecule has 1 fully saturated rings. The molecule has 0 bridgehead atoms. The van der Waals surface area contributed by atoms with E-state index in [0.717, 1.165) is 5.56 Å². The molecular weight excluding hydrogens is 336 g/mol. The molecule has 1 N–H and O–H groups in total. The van der Waals surface area contributed by atoms with Crippen molar-refractivity contribution in [3.05, 3.63) is 30.1 Å². The van der Waals surface area contributed by atoms with Crippen molar-refractivity contribution < 1.29 is 19.1 Å². The third-order valence-corrected chi connectivity index (χ3v) is 4.29. The Morgan fingerprint density at radius 2 is 1.92 bits per heavy atom. The number of amides is 3. The van der Waals surface area contributed by atoms with E-state index in [4.69, 9.17) is 4.74 Å². The van der Waals surface area contributed by atoms with E-state index in [1.54, 1.807) is 24.2 Å². The molecule has 0 aromatic carbocycles. The fourth-order valence-corrected chi connectivity index (χ4v) is 2.85. The zero-order valence-electron chi connectivity index (χ0n) is 15.3. The summed E-state index contributed by atoms with van der Waals surface area (Å²) in [5.41, 5.74) is 0.922. The average molecular weight is 362 g/mol. The first-order valence-electron chi connectivity index (χ1n) is 8.85. The van der Waals surface area contributed by atoms with E-state index < -0.39 is 0 Å². The number of ether oxygens (including phenoxy) is 1. The highest BCUT2D eigenvalue weighted by atomic mass is 16.6. The number of nitrogens with one attached hydrogen (secondary N) is 1. The lowest BCUT2D eigenvalue weighted by Gasteiger charge is -2.32. The lowest BCUT2D eigenvalue weighted by Crippen LogP contribution is -2.49. The van der Waals surface area contributed by atoms with Crippen molar-refractivity contribution >= 4 is 17.9 Å². The molecule has 0 atom stereocenters. The molecule has 3 amide bonds. The van der Waals surface area contributed by atoms with Crippen LogP contribution in [0.3, 0.4) is 0 Å². The van der Waals surface area contributed by atoms with Gasteiger partial charge in [-0.1, -0.05) is 0 Å². The van der Waals surface area contributed by atoms with E-state index in [1.807, 2.05) is 12.1 Å². The summed E-state index contributed by atoms with van der Waals surface area (Å²) >= 11 is 0. The minimum absolute atomic E-state index is 0.00269. The van der Waals surface area contributed by atoms with Crippen LogP contribution < -0.4 is 5.32 Å². The van der Waals surface area contributed by atoms with Gasteiger partial charge in [-0.15, -0.1) is 0 Å². The maximum Gasteiger partial charge on any atom is 0.409 e. The number of carbonyl (C=O) groups excluding carboxylic acids is 3. The van der Waals surface area contributed by atoms with Crippen molar-refractivity contribution in [2.45, 2.75) is 39.3 Å². The summed E-state index contributed by atoms with van der Waals surface area (Å²) < 4.78 is 4.98. The predicted molar refractivity (Wildman–Crippen MR) is 95.1 cm³/mol. The van der Waals surface area contributed by atoms with E-state index in [1.165, 1.54) is 11.8 Å². The Morgan fingerprint density at radius 1 is 1.27 bits per heavy atom. The number of pyridine rings is 1. The highest BCUT2D eigenvalue weighted by Crippen LogP contribution is 2.12. The van der Waals surface area contributed by atoms with Crippen LogP contribution in [0.1, 0.15) is 32.3 Å². The third kappa shape index (κ3) is 6.02. The van der Waals surface area contributed by atoms with Gasteiger partial charge in [0.05, 0.1) is 13.2 Å². The van der Waals surface area contributed by atoms with Crippen LogP contribution in [-0.2, 0) is 20.9 Å². The van der Waals surface area contributed by atoms with Crippen molar-refractivity contribution in [2.24, 2.45) is 0 Å². The molecule has 1 saturated heterocycles. The van der Waals surface area contributed by atoms with Crippen LogP contribution in [0.4, 0.5) is 4.79 Å². The summed E-state index contributed by atoms with van der Waals surface area (Å²) in [6, 6.07) is 3.64. The predicted octanol–water partition coefficient (Wildman–Crippen LogP) is 1.17. The van der Waals surface area contributed by atoms with Crippen LogP contribution in [0.5, 0.6) is 0 Å². The lowest BCUT2D eigenvalue weighted by atomic mass is 10.1. The van der Waals surface area contributed by atoms with Crippen molar-refractivity contribution in [1.82, 2.24) is 20.1 Å². The van der Waals surface area contributed by atoms with Crippen LogP contribution in [0.15, 0.2) is 24.5 Å². The first-order valence-corrected chi connectivity index (χ1v) is 8.85. The second-order valence-corrected chi connectivity index (χ2v) is 6.26. The molecule has 0 aliphatic carbocycles. The summed E-state index contributed by atoms with van der Waals surface area (Å²) in [5, 5.41) is 2.96. The van der Waals surface area contributed by atoms with Gasteiger partial charge in [0, 0.05) is 45.0 Å². The molecule has 8 nitrogen and oxygen atoms in total. The monoisotopic (exact) mass is 362 g/mol. The van der Waals surface area contributed by atoms with E-state index in [9.17, 15) is 14.4 Å². The molecule has 1 aliphatic heterocycles. The van der Waals surface area contributed by atoms with Crippen molar-refractivity contribution in [1.29, 1.82) is 0 Å². The fourth-order valence-electron chi connectivity index (χ4n) is 2.85. The van der Waals surface area contributed by atoms with Gasteiger partial charge in [0.1, 0.15) is 0 Å². The van der Waals surface area contributed by atoms with Gasteiger partial charge in [0.15, 0.2) is 0 Å². The summed E-state index contributed by atoms with van der Waals surface area (Å²) in [5.74, 6) is -0.349. The molecule has 0 saturated carbocycles. The number of aromatic nitrogens is 1. The van der Waals surface area contributed by atoms with Crippen LogP contribution in [0.2, 0.25) is 0 Å². The smallest absolute Gasteiger partial charge is 0.409 e. The zero-order valence-corrected chi connectivity index (χ0v) is 15.3. The van der Waals surface area contributed by atoms with Crippen molar-refractivity contribution in [2.75, 3.05) is 26.2 Å². The van der Waals surface area contributed by atoms with E-state index in [-0.39, 0.29) is 30.5 Å². The molecule has 0 unspecified atom stereocenters. The van der Waals surface area contributed by atoms with Gasteiger partial charge in [-0.2, -0.15) is 0 Å². The maximum absolute atomic E-state index is 12.3. The fraction of sp³-hybridized carbons (Fsp3) is 0.556. The van der Waals surface area contributed by atoms with Gasteiger partial charge in [-0.3, -0.25) is 14.6 Å². The van der Waals surface area contributed by atoms with Crippen LogP contribution in [0, 0.1) is 0 Å². The van der Waals surface area contributed by atoms with Crippen LogP contribution >= 0.6 is 0 Å². The molecule has 2 heterocycles. The SMILES string of the molecule is CCOC(=O)N1CCC(NC(=O)CN(Cc2ccncc2)C(C)=O)CC1. The third-order valence-electron chi connectivity index (χ3n) is 4.29. The Morgan fingerprint density at radius 3 is 2.50 bits per heavy atom. The number of hydrogen-bond acceptors (Lipinski definition) is 5. The van der Waals surface area contributed by atoms with Crippen molar-refractivity contribution in [3.63, 3.8) is 0 Å². The number of likely N-dealkylation sites (tertiary alicyclic amines) is 1. The molecular formula is C18H26N4O4. The normalized spacial score (nSPS) is 14.6. The molecule has 1 aliphatic rings. The molecule has 26 heavy (non-hydrogen) atoms. The quantitative estimate of drug-likeness (QED) is 0.820. The highest BCUT2D eigenvalue weighted by molar-refractivity contribution is 5.84. The van der Waals surface area contributed by atoms with Crippen molar-refractivity contribution in [3.8, 4) is 0 Å². The lowest BCUT2D eigenvalue weighted by molar-refractivity contribution is -0.135. The van der Waals surface area contributed by atoms with E-state index >= 15 is 0 Å². The number of nitrogens with zero attached hydrogens (tertiary/aromatic N) is 3. The minimum Gasteiger partial charge on any atom is -0.450 e. The van der Waals surface area contributed by atoms with Crippen LogP contribution in [-0.4, -0.2) is 65.0 Å². The Labute approximate surface area is 153 Å². The second kappa shape index (κ2) is 9.74. The van der Waals surface area contributed by atoms with Gasteiger partial charge >= 0.3 is 6.09 Å². The van der Waals surface area contributed by atoms with Gasteiger partial charge in [-0.25, -0.2) is 4.79 Å². The Hall–Kier alpha value is -2.64. The summed E-state index contributed by atoms with van der Waals surface area (Å²) in [6.45, 7) is 5.06. The Balaban J connectivity index is 1.80. The summed E-state index contributed by atoms with van der Waals surface area (Å²) in [6.07, 6.45) is 4.36. The second-order valence-electron chi connectivity index (χ2n) is 6.26. The molecule has 2 rings (SSSR count). The largest absolute Gasteiger partial charge is 0.450 e. The molecule has 142 valence electrons. The zero-order chi connectivity index (χ0) is 18.9. The Bertz CT molecular complexity index is 615. The standard InChI is InChI=1S/C18H26N4O4/c1-3-26-18(25)21-10-6-16(7-11-21)20-17(24)13-22(14(2)23)12-15-4-8-19-9-5-15/h4-5,8-9,16H,3,6-7,10-13H2,1-2H3,(H,20,24). The average Bonchev–Trinajstić information content (AvgIpc) is 2.62. The number of piperidine rings is 1. The highest BCUT2D eigenvalue weighted by Gasteiger charge is 2.25. The number of carbonyl (C=O) groups is 3. The Kier molecular flexibility index (Phi) is 7.37. The molecule has 0 radical (unpaired) electrons. The first-order chi connectivity index (χ1) is 12.5. The molecule has 1 aromatic heterocycles. The summed E-state index contributed by atoms with van der Waals surface area (Å²) in [7, 11) is 0. The van der Waals surface area contributed by atoms with E-state index in [2.05, 4.69) is 10.3 Å². The van der Waals surface area contributed by atoms with Crippen LogP contribution in [0.25, 0.3) is 0 Å².